The summed E-state index contributed by atoms with van der Waals surface area (Å²) in [7, 11) is -0.908. The molecule has 0 aliphatic carbocycles. The minimum Gasteiger partial charge on any atom is -0.497 e. The van der Waals surface area contributed by atoms with Gasteiger partial charge in [0, 0.05) is 5.33 Å². The number of anilines is 1. The van der Waals surface area contributed by atoms with Crippen LogP contribution in [0.2, 0.25) is 0 Å². The number of aromatic nitrogens is 4. The minimum atomic E-state index is -5.03. The maximum absolute atomic E-state index is 14.2. The summed E-state index contributed by atoms with van der Waals surface area (Å²) >= 11 is 3.14. The Balaban J connectivity index is 1.98. The largest absolute Gasteiger partial charge is 0.497 e. The van der Waals surface area contributed by atoms with Crippen molar-refractivity contribution in [3.63, 3.8) is 0 Å². The van der Waals surface area contributed by atoms with Crippen molar-refractivity contribution in [3.05, 3.63) is 59.8 Å². The van der Waals surface area contributed by atoms with Crippen LogP contribution in [0.3, 0.4) is 0 Å². The van der Waals surface area contributed by atoms with Crippen molar-refractivity contribution in [3.8, 4) is 23.3 Å². The van der Waals surface area contributed by atoms with Gasteiger partial charge in [0.2, 0.25) is 5.65 Å². The van der Waals surface area contributed by atoms with E-state index in [9.17, 15) is 21.6 Å². The smallest absolute Gasteiger partial charge is 0.417 e. The lowest BCUT2D eigenvalue weighted by molar-refractivity contribution is -0.140. The number of hydrogen-bond donors (Lipinski definition) is 0. The number of benzene rings is 2. The van der Waals surface area contributed by atoms with Crippen molar-refractivity contribution >= 4 is 37.5 Å². The fourth-order valence-corrected chi connectivity index (χ4v) is 5.58. The molecule has 0 aliphatic rings. The molecule has 0 aliphatic heterocycles. The normalized spacial score (nSPS) is 11.9. The summed E-state index contributed by atoms with van der Waals surface area (Å²) in [5.74, 6) is -0.311. The zero-order chi connectivity index (χ0) is 29.1. The van der Waals surface area contributed by atoms with Crippen LogP contribution in [0.4, 0.5) is 19.1 Å². The van der Waals surface area contributed by atoms with Crippen molar-refractivity contribution in [1.29, 1.82) is 0 Å². The van der Waals surface area contributed by atoms with Crippen LogP contribution in [0.15, 0.2) is 53.6 Å². The van der Waals surface area contributed by atoms with E-state index in [1.54, 1.807) is 24.3 Å². The summed E-state index contributed by atoms with van der Waals surface area (Å²) < 4.78 is 93.8. The average Bonchev–Trinajstić information content (AvgIpc) is 3.38. The summed E-state index contributed by atoms with van der Waals surface area (Å²) in [6, 6.07) is 9.14. The summed E-state index contributed by atoms with van der Waals surface area (Å²) in [6.45, 7) is -0.527. The number of rotatable bonds is 11. The Bertz CT molecular complexity index is 1560. The van der Waals surface area contributed by atoms with Crippen molar-refractivity contribution < 1.29 is 40.5 Å². The minimum absolute atomic E-state index is 0.0270. The Hall–Kier alpha value is -3.79. The van der Waals surface area contributed by atoms with E-state index in [4.69, 9.17) is 18.9 Å². The van der Waals surface area contributed by atoms with Crippen LogP contribution >= 0.6 is 15.9 Å². The molecule has 0 saturated heterocycles. The highest BCUT2D eigenvalue weighted by Crippen LogP contribution is 2.41. The van der Waals surface area contributed by atoms with Gasteiger partial charge in [0.1, 0.15) is 16.4 Å². The van der Waals surface area contributed by atoms with E-state index in [0.717, 1.165) is 16.6 Å². The maximum Gasteiger partial charge on any atom is 0.417 e. The van der Waals surface area contributed by atoms with Gasteiger partial charge in [-0.15, -0.1) is 5.10 Å². The molecule has 0 spiro atoms. The lowest BCUT2D eigenvalue weighted by Gasteiger charge is -2.25. The van der Waals surface area contributed by atoms with E-state index < -0.39 is 44.9 Å². The van der Waals surface area contributed by atoms with Crippen LogP contribution in [-0.2, 0) is 22.7 Å². The highest BCUT2D eigenvalue weighted by atomic mass is 79.9. The molecule has 16 heteroatoms. The monoisotopic (exact) mass is 645 g/mol. The number of hydrogen-bond acceptors (Lipinski definition) is 9. The maximum atomic E-state index is 14.2. The molecule has 2 aromatic heterocycles. The fraction of sp³-hybridized carbons (Fsp3) is 0.292. The molecule has 0 fully saturated rings. The third kappa shape index (κ3) is 5.72. The Morgan fingerprint density at radius 2 is 1.73 bits per heavy atom. The second-order valence-electron chi connectivity index (χ2n) is 7.99. The van der Waals surface area contributed by atoms with E-state index in [-0.39, 0.29) is 29.3 Å². The number of nitrogens with zero attached hydrogens (tertiary/aromatic N) is 5. The molecule has 0 unspecified atom stereocenters. The lowest BCUT2D eigenvalue weighted by atomic mass is 10.2. The van der Waals surface area contributed by atoms with Crippen LogP contribution in [0.25, 0.3) is 5.65 Å². The molecule has 0 bridgehead atoms. The SMILES string of the molecule is COc1ccc(CN(c2nc3c(OC)cnc(OC)n3n2)S(=O)(=O)c2c(OCCBr)cccc2C(F)(F)F)cc1. The van der Waals surface area contributed by atoms with Gasteiger partial charge in [0.25, 0.3) is 16.0 Å². The van der Waals surface area contributed by atoms with Gasteiger partial charge in [-0.1, -0.05) is 34.1 Å². The highest BCUT2D eigenvalue weighted by molar-refractivity contribution is 9.09. The molecule has 4 rings (SSSR count). The van der Waals surface area contributed by atoms with Gasteiger partial charge in [0.05, 0.1) is 46.2 Å². The van der Waals surface area contributed by atoms with Gasteiger partial charge in [-0.3, -0.25) is 0 Å². The summed E-state index contributed by atoms with van der Waals surface area (Å²) in [4.78, 5) is 7.27. The van der Waals surface area contributed by atoms with E-state index in [1.165, 1.54) is 27.5 Å². The molecule has 2 aromatic carbocycles. The Morgan fingerprint density at radius 1 is 1.00 bits per heavy atom. The standard InChI is InChI=1S/C24H23BrF3N5O6S/c1-36-16-9-7-15(8-10-16)14-32(22-30-21-19(37-2)13-29-23(38-3)33(21)31-22)40(34,35)20-17(24(26,27)28)5-4-6-18(20)39-12-11-25/h4-10,13H,11-12,14H2,1-3H3. The predicted octanol–water partition coefficient (Wildman–Crippen LogP) is 4.34. The molecule has 214 valence electrons. The zero-order valence-electron chi connectivity index (χ0n) is 21.3. The molecule has 0 N–H and O–H groups in total. The van der Waals surface area contributed by atoms with Crippen molar-refractivity contribution in [2.24, 2.45) is 0 Å². The van der Waals surface area contributed by atoms with Crippen LogP contribution in [-0.4, -0.2) is 61.3 Å². The first-order valence-electron chi connectivity index (χ1n) is 11.4. The predicted molar refractivity (Wildman–Crippen MR) is 141 cm³/mol. The first-order chi connectivity index (χ1) is 19.0. The molecular weight excluding hydrogens is 623 g/mol. The fourth-order valence-electron chi connectivity index (χ4n) is 3.75. The quantitative estimate of drug-likeness (QED) is 0.220. The van der Waals surface area contributed by atoms with Crippen molar-refractivity contribution in [2.75, 3.05) is 37.6 Å². The summed E-state index contributed by atoms with van der Waals surface area (Å²) in [6.07, 6.45) is -3.73. The molecule has 0 saturated carbocycles. The molecule has 2 heterocycles. The first-order valence-corrected chi connectivity index (χ1v) is 14.0. The van der Waals surface area contributed by atoms with Gasteiger partial charge < -0.3 is 18.9 Å². The van der Waals surface area contributed by atoms with Gasteiger partial charge >= 0.3 is 12.2 Å². The number of alkyl halides is 4. The second kappa shape index (κ2) is 11.8. The molecule has 4 aromatic rings. The third-order valence-electron chi connectivity index (χ3n) is 5.57. The first kappa shape index (κ1) is 29.2. The highest BCUT2D eigenvalue weighted by Gasteiger charge is 2.42. The average molecular weight is 646 g/mol. The van der Waals surface area contributed by atoms with E-state index in [1.807, 2.05) is 0 Å². The second-order valence-corrected chi connectivity index (χ2v) is 10.6. The molecule has 0 amide bonds. The zero-order valence-corrected chi connectivity index (χ0v) is 23.7. The number of halogens is 4. The molecular formula is C24H23BrF3N5O6S. The Kier molecular flexibility index (Phi) is 8.58. The summed E-state index contributed by atoms with van der Waals surface area (Å²) in [5.41, 5.74) is -0.966. The van der Waals surface area contributed by atoms with Crippen LogP contribution in [0.5, 0.6) is 23.3 Å². The lowest BCUT2D eigenvalue weighted by Crippen LogP contribution is -2.33. The third-order valence-corrected chi connectivity index (χ3v) is 7.70. The van der Waals surface area contributed by atoms with E-state index in [0.29, 0.717) is 21.7 Å². The van der Waals surface area contributed by atoms with Crippen LogP contribution in [0.1, 0.15) is 11.1 Å². The van der Waals surface area contributed by atoms with Gasteiger partial charge in [-0.25, -0.2) is 12.7 Å². The number of fused-ring (bicyclic) bond motifs is 1. The molecule has 40 heavy (non-hydrogen) atoms. The number of ether oxygens (including phenoxy) is 4. The van der Waals surface area contributed by atoms with E-state index in [2.05, 4.69) is 31.0 Å². The number of sulfonamides is 1. The molecule has 11 nitrogen and oxygen atoms in total. The van der Waals surface area contributed by atoms with Gasteiger partial charge in [0.15, 0.2) is 5.75 Å². The Morgan fingerprint density at radius 3 is 2.33 bits per heavy atom. The molecule has 0 radical (unpaired) electrons. The Labute approximate surface area is 235 Å². The van der Waals surface area contributed by atoms with Crippen LogP contribution < -0.4 is 23.3 Å². The van der Waals surface area contributed by atoms with Gasteiger partial charge in [-0.2, -0.15) is 27.7 Å². The van der Waals surface area contributed by atoms with Crippen LogP contribution in [0, 0.1) is 0 Å². The van der Waals surface area contributed by atoms with E-state index >= 15 is 0 Å². The van der Waals surface area contributed by atoms with Crippen molar-refractivity contribution in [2.45, 2.75) is 17.6 Å². The summed E-state index contributed by atoms with van der Waals surface area (Å²) in [5, 5.41) is 4.48. The molecule has 0 atom stereocenters. The van der Waals surface area contributed by atoms with Gasteiger partial charge in [-0.05, 0) is 29.8 Å². The van der Waals surface area contributed by atoms with Crippen molar-refractivity contribution in [1.82, 2.24) is 19.6 Å². The topological polar surface area (TPSA) is 117 Å². The number of methoxy groups -OCH3 is 3.